The van der Waals surface area contributed by atoms with E-state index in [-0.39, 0.29) is 53.6 Å². The molecule has 0 unspecified atom stereocenters. The molecule has 3 aromatic rings. The van der Waals surface area contributed by atoms with Gasteiger partial charge in [-0.1, -0.05) is 12.1 Å². The van der Waals surface area contributed by atoms with Crippen molar-refractivity contribution in [2.45, 2.75) is 38.8 Å². The van der Waals surface area contributed by atoms with Crippen molar-refractivity contribution < 1.29 is 24.2 Å². The summed E-state index contributed by atoms with van der Waals surface area (Å²) in [5.41, 5.74) is 1.32. The summed E-state index contributed by atoms with van der Waals surface area (Å²) in [7, 11) is 1.91. The number of benzene rings is 2. The standard InChI is InChI=1S/C23H25N3O5/c1-13(22-25-15-7-5-6-8-16(15)26(22)4)24-20(29)12-30-14-9-17(27)21-18(28)11-23(2,3)31-19(21)10-14/h5-10,13,27H,11-12H2,1-4H3,(H,24,29)/t13-/m0/s1. The number of nitrogens with one attached hydrogen (secondary N) is 1. The Morgan fingerprint density at radius 1 is 1.35 bits per heavy atom. The van der Waals surface area contributed by atoms with Crippen LogP contribution in [0.15, 0.2) is 36.4 Å². The van der Waals surface area contributed by atoms with E-state index in [1.54, 1.807) is 13.8 Å². The maximum Gasteiger partial charge on any atom is 0.258 e. The fourth-order valence-corrected chi connectivity index (χ4v) is 3.88. The van der Waals surface area contributed by atoms with Gasteiger partial charge in [0, 0.05) is 19.2 Å². The van der Waals surface area contributed by atoms with E-state index in [1.807, 2.05) is 42.8 Å². The Morgan fingerprint density at radius 3 is 2.84 bits per heavy atom. The molecule has 31 heavy (non-hydrogen) atoms. The van der Waals surface area contributed by atoms with Crippen LogP contribution in [0.1, 0.15) is 49.4 Å². The molecule has 162 valence electrons. The molecule has 0 aliphatic carbocycles. The van der Waals surface area contributed by atoms with Gasteiger partial charge in [-0.3, -0.25) is 9.59 Å². The Hall–Kier alpha value is -3.55. The lowest BCUT2D eigenvalue weighted by Crippen LogP contribution is -2.36. The zero-order valence-corrected chi connectivity index (χ0v) is 17.9. The molecule has 0 saturated heterocycles. The number of imidazole rings is 1. The highest BCUT2D eigenvalue weighted by atomic mass is 16.5. The van der Waals surface area contributed by atoms with Crippen molar-refractivity contribution in [2.75, 3.05) is 6.61 Å². The Balaban J connectivity index is 1.43. The third kappa shape index (κ3) is 4.05. The number of phenols is 1. The van der Waals surface area contributed by atoms with E-state index in [1.165, 1.54) is 12.1 Å². The third-order valence-corrected chi connectivity index (χ3v) is 5.26. The smallest absolute Gasteiger partial charge is 0.258 e. The molecule has 2 aromatic carbocycles. The Morgan fingerprint density at radius 2 is 2.10 bits per heavy atom. The summed E-state index contributed by atoms with van der Waals surface area (Å²) in [6.07, 6.45) is 0.177. The SMILES string of the molecule is C[C@H](NC(=O)COc1cc(O)c2c(c1)OC(C)(C)CC2=O)c1nc2ccccc2n1C. The van der Waals surface area contributed by atoms with E-state index in [4.69, 9.17) is 9.47 Å². The summed E-state index contributed by atoms with van der Waals surface area (Å²) in [6, 6.07) is 10.3. The molecule has 1 aromatic heterocycles. The average Bonchev–Trinajstić information content (AvgIpc) is 3.02. The summed E-state index contributed by atoms with van der Waals surface area (Å²) in [4.78, 5) is 29.3. The van der Waals surface area contributed by atoms with E-state index >= 15 is 0 Å². The molecule has 1 amide bonds. The van der Waals surface area contributed by atoms with Crippen molar-refractivity contribution >= 4 is 22.7 Å². The number of hydrogen-bond acceptors (Lipinski definition) is 6. The van der Waals surface area contributed by atoms with Crippen molar-refractivity contribution in [3.8, 4) is 17.2 Å². The quantitative estimate of drug-likeness (QED) is 0.653. The van der Waals surface area contributed by atoms with Gasteiger partial charge in [-0.2, -0.15) is 0 Å². The first kappa shape index (κ1) is 20.7. The van der Waals surface area contributed by atoms with Crippen molar-refractivity contribution in [1.29, 1.82) is 0 Å². The van der Waals surface area contributed by atoms with Gasteiger partial charge in [-0.25, -0.2) is 4.98 Å². The molecular formula is C23H25N3O5. The summed E-state index contributed by atoms with van der Waals surface area (Å²) in [5.74, 6) is 0.479. The van der Waals surface area contributed by atoms with Gasteiger partial charge < -0.3 is 24.5 Å². The zero-order valence-electron chi connectivity index (χ0n) is 17.9. The lowest BCUT2D eigenvalue weighted by Gasteiger charge is -2.32. The zero-order chi connectivity index (χ0) is 22.3. The van der Waals surface area contributed by atoms with Gasteiger partial charge in [0.1, 0.15) is 34.2 Å². The molecule has 2 heterocycles. The van der Waals surface area contributed by atoms with Crippen LogP contribution in [0.3, 0.4) is 0 Å². The number of hydrogen-bond donors (Lipinski definition) is 2. The van der Waals surface area contributed by atoms with Crippen LogP contribution in [-0.2, 0) is 11.8 Å². The van der Waals surface area contributed by atoms with Crippen LogP contribution in [0.5, 0.6) is 17.2 Å². The first-order valence-electron chi connectivity index (χ1n) is 10.1. The van der Waals surface area contributed by atoms with Crippen molar-refractivity contribution in [2.24, 2.45) is 7.05 Å². The number of ketones is 1. The Kier molecular flexibility index (Phi) is 5.08. The van der Waals surface area contributed by atoms with E-state index in [0.717, 1.165) is 16.9 Å². The molecule has 1 aliphatic heterocycles. The number of nitrogens with zero attached hydrogens (tertiary/aromatic N) is 2. The topological polar surface area (TPSA) is 103 Å². The second-order valence-electron chi connectivity index (χ2n) is 8.37. The number of rotatable bonds is 5. The monoisotopic (exact) mass is 423 g/mol. The fourth-order valence-electron chi connectivity index (χ4n) is 3.88. The van der Waals surface area contributed by atoms with E-state index in [9.17, 15) is 14.7 Å². The molecule has 0 bridgehead atoms. The van der Waals surface area contributed by atoms with Crippen LogP contribution in [-0.4, -0.2) is 38.6 Å². The number of para-hydroxylation sites is 2. The highest BCUT2D eigenvalue weighted by molar-refractivity contribution is 6.03. The molecular weight excluding hydrogens is 398 g/mol. The largest absolute Gasteiger partial charge is 0.507 e. The van der Waals surface area contributed by atoms with Crippen LogP contribution in [0, 0.1) is 0 Å². The number of fused-ring (bicyclic) bond motifs is 2. The van der Waals surface area contributed by atoms with Gasteiger partial charge in [-0.05, 0) is 32.9 Å². The number of ether oxygens (including phenoxy) is 2. The molecule has 8 heteroatoms. The van der Waals surface area contributed by atoms with Gasteiger partial charge in [0.05, 0.1) is 23.5 Å². The minimum absolute atomic E-state index is 0.145. The Labute approximate surface area is 179 Å². The number of Topliss-reactive ketones (excluding diaryl/α,β-unsaturated/α-hetero) is 1. The van der Waals surface area contributed by atoms with Crippen molar-refractivity contribution in [3.05, 3.63) is 47.8 Å². The molecule has 0 fully saturated rings. The van der Waals surface area contributed by atoms with E-state index in [0.29, 0.717) is 0 Å². The normalized spacial score (nSPS) is 15.8. The number of phenolic OH excluding ortho intramolecular Hbond substituents is 1. The number of aryl methyl sites for hydroxylation is 1. The summed E-state index contributed by atoms with van der Waals surface area (Å²) in [5, 5.41) is 13.1. The van der Waals surface area contributed by atoms with Crippen molar-refractivity contribution in [1.82, 2.24) is 14.9 Å². The maximum absolute atomic E-state index is 12.4. The Bertz CT molecular complexity index is 1180. The number of aromatic nitrogens is 2. The van der Waals surface area contributed by atoms with Crippen LogP contribution in [0.25, 0.3) is 11.0 Å². The molecule has 0 radical (unpaired) electrons. The molecule has 2 N–H and O–H groups in total. The first-order valence-corrected chi connectivity index (χ1v) is 10.1. The third-order valence-electron chi connectivity index (χ3n) is 5.26. The lowest BCUT2D eigenvalue weighted by molar-refractivity contribution is -0.123. The van der Waals surface area contributed by atoms with Gasteiger partial charge in [0.15, 0.2) is 12.4 Å². The second kappa shape index (κ2) is 7.61. The van der Waals surface area contributed by atoms with Crippen molar-refractivity contribution in [3.63, 3.8) is 0 Å². The number of carbonyl (C=O) groups is 2. The number of amides is 1. The molecule has 4 rings (SSSR count). The first-order chi connectivity index (χ1) is 14.6. The summed E-state index contributed by atoms with van der Waals surface area (Å²) in [6.45, 7) is 5.19. The minimum atomic E-state index is -0.673. The average molecular weight is 423 g/mol. The predicted molar refractivity (Wildman–Crippen MR) is 115 cm³/mol. The highest BCUT2D eigenvalue weighted by Gasteiger charge is 2.35. The molecule has 1 aliphatic rings. The maximum atomic E-state index is 12.4. The molecule has 0 saturated carbocycles. The fraction of sp³-hybridized carbons (Fsp3) is 0.348. The van der Waals surface area contributed by atoms with Gasteiger partial charge in [-0.15, -0.1) is 0 Å². The van der Waals surface area contributed by atoms with Gasteiger partial charge >= 0.3 is 0 Å². The predicted octanol–water partition coefficient (Wildman–Crippen LogP) is 3.28. The van der Waals surface area contributed by atoms with E-state index in [2.05, 4.69) is 10.3 Å². The van der Waals surface area contributed by atoms with Crippen LogP contribution in [0.4, 0.5) is 0 Å². The van der Waals surface area contributed by atoms with Crippen LogP contribution < -0.4 is 14.8 Å². The second-order valence-corrected chi connectivity index (χ2v) is 8.37. The van der Waals surface area contributed by atoms with Crippen LogP contribution >= 0.6 is 0 Å². The van der Waals surface area contributed by atoms with E-state index < -0.39 is 5.60 Å². The highest BCUT2D eigenvalue weighted by Crippen LogP contribution is 2.40. The number of carbonyl (C=O) groups excluding carboxylic acids is 2. The lowest BCUT2D eigenvalue weighted by atomic mass is 9.92. The molecule has 8 nitrogen and oxygen atoms in total. The molecule has 1 atom stereocenters. The van der Waals surface area contributed by atoms with Gasteiger partial charge in [0.25, 0.3) is 5.91 Å². The summed E-state index contributed by atoms with van der Waals surface area (Å²) >= 11 is 0. The number of aromatic hydroxyl groups is 1. The minimum Gasteiger partial charge on any atom is -0.507 e. The van der Waals surface area contributed by atoms with Gasteiger partial charge in [0.2, 0.25) is 0 Å². The van der Waals surface area contributed by atoms with Crippen LogP contribution in [0.2, 0.25) is 0 Å². The summed E-state index contributed by atoms with van der Waals surface area (Å²) < 4.78 is 13.3. The molecule has 0 spiro atoms.